The molecule has 2 unspecified atom stereocenters. The number of hydrogen-bond acceptors (Lipinski definition) is 2. The minimum Gasteiger partial charge on any atom is -0.481 e. The van der Waals surface area contributed by atoms with E-state index in [0.29, 0.717) is 13.0 Å². The van der Waals surface area contributed by atoms with Crippen LogP contribution in [-0.2, 0) is 4.79 Å². The maximum absolute atomic E-state index is 11.5. The summed E-state index contributed by atoms with van der Waals surface area (Å²) in [6, 6.07) is 7.75. The first-order valence-electron chi connectivity index (χ1n) is 6.84. The van der Waals surface area contributed by atoms with Crippen LogP contribution >= 0.6 is 0 Å². The van der Waals surface area contributed by atoms with E-state index in [-0.39, 0.29) is 12.5 Å². The van der Waals surface area contributed by atoms with Gasteiger partial charge in [0, 0.05) is 36.1 Å². The van der Waals surface area contributed by atoms with Crippen LogP contribution in [0.2, 0.25) is 0 Å². The summed E-state index contributed by atoms with van der Waals surface area (Å²) in [5, 5.41) is 19.5. The van der Waals surface area contributed by atoms with Crippen molar-refractivity contribution in [1.29, 1.82) is 0 Å². The van der Waals surface area contributed by atoms with Gasteiger partial charge in [0.2, 0.25) is 0 Å². The molecule has 1 fully saturated rings. The first-order valence-corrected chi connectivity index (χ1v) is 6.84. The van der Waals surface area contributed by atoms with Crippen molar-refractivity contribution >= 4 is 23.0 Å². The molecule has 3 rings (SSSR count). The highest BCUT2D eigenvalue weighted by molar-refractivity contribution is 5.85. The van der Waals surface area contributed by atoms with Crippen molar-refractivity contribution in [3.63, 3.8) is 0 Å². The minimum absolute atomic E-state index is 0.0365. The number of aromatic nitrogens is 1. The average Bonchev–Trinajstić information content (AvgIpc) is 2.90. The molecule has 0 bridgehead atoms. The van der Waals surface area contributed by atoms with E-state index in [1.54, 1.807) is 0 Å². The number of benzene rings is 1. The molecule has 0 spiro atoms. The van der Waals surface area contributed by atoms with E-state index in [9.17, 15) is 14.7 Å². The Morgan fingerprint density at radius 1 is 1.24 bits per heavy atom. The second-order valence-corrected chi connectivity index (χ2v) is 5.36. The van der Waals surface area contributed by atoms with Crippen LogP contribution in [0.15, 0.2) is 30.5 Å². The summed E-state index contributed by atoms with van der Waals surface area (Å²) in [5.74, 6) is -1.83. The van der Waals surface area contributed by atoms with Gasteiger partial charge in [-0.15, -0.1) is 0 Å². The summed E-state index contributed by atoms with van der Waals surface area (Å²) in [6.07, 6.45) is 1.31. The number of hydrogen-bond donors (Lipinski definition) is 3. The van der Waals surface area contributed by atoms with E-state index in [1.165, 1.54) is 4.90 Å². The second-order valence-electron chi connectivity index (χ2n) is 5.36. The fourth-order valence-corrected chi connectivity index (χ4v) is 3.15. The first kappa shape index (κ1) is 13.5. The molecule has 1 aromatic carbocycles. The van der Waals surface area contributed by atoms with Crippen LogP contribution in [-0.4, -0.2) is 45.2 Å². The molecule has 0 saturated carbocycles. The predicted molar refractivity (Wildman–Crippen MR) is 76.4 cm³/mol. The quantitative estimate of drug-likeness (QED) is 0.790. The SMILES string of the molecule is O=C(O)C1CN(C(=O)O)CCC1c1c[nH]c2ccccc12. The number of likely N-dealkylation sites (tertiary alicyclic amines) is 1. The number of piperidine rings is 1. The molecule has 0 radical (unpaired) electrons. The zero-order valence-electron chi connectivity index (χ0n) is 11.3. The van der Waals surface area contributed by atoms with Gasteiger partial charge in [0.1, 0.15) is 0 Å². The van der Waals surface area contributed by atoms with Crippen LogP contribution in [0.3, 0.4) is 0 Å². The number of aliphatic carboxylic acids is 1. The van der Waals surface area contributed by atoms with Gasteiger partial charge in [0.25, 0.3) is 0 Å². The van der Waals surface area contributed by atoms with Gasteiger partial charge < -0.3 is 20.1 Å². The highest BCUT2D eigenvalue weighted by atomic mass is 16.4. The number of nitrogens with zero attached hydrogens (tertiary/aromatic N) is 1. The van der Waals surface area contributed by atoms with Gasteiger partial charge in [-0.3, -0.25) is 4.79 Å². The molecule has 21 heavy (non-hydrogen) atoms. The number of nitrogens with one attached hydrogen (secondary N) is 1. The number of H-pyrrole nitrogens is 1. The Labute approximate surface area is 121 Å². The van der Waals surface area contributed by atoms with E-state index >= 15 is 0 Å². The average molecular weight is 288 g/mol. The molecule has 1 aliphatic rings. The Kier molecular flexibility index (Phi) is 3.29. The number of rotatable bonds is 2. The van der Waals surface area contributed by atoms with Crippen molar-refractivity contribution in [2.75, 3.05) is 13.1 Å². The number of aromatic amines is 1. The fourth-order valence-electron chi connectivity index (χ4n) is 3.15. The largest absolute Gasteiger partial charge is 0.481 e. The van der Waals surface area contributed by atoms with Gasteiger partial charge in [0.15, 0.2) is 0 Å². The van der Waals surface area contributed by atoms with Gasteiger partial charge in [-0.1, -0.05) is 18.2 Å². The molecule has 1 saturated heterocycles. The number of para-hydroxylation sites is 1. The second kappa shape index (κ2) is 5.12. The Hall–Kier alpha value is -2.50. The third kappa shape index (κ3) is 2.33. The molecular weight excluding hydrogens is 272 g/mol. The third-order valence-corrected chi connectivity index (χ3v) is 4.22. The number of fused-ring (bicyclic) bond motifs is 1. The molecule has 2 atom stereocenters. The van der Waals surface area contributed by atoms with Crippen molar-refractivity contribution < 1.29 is 19.8 Å². The molecule has 0 aliphatic carbocycles. The van der Waals surface area contributed by atoms with Crippen LogP contribution in [0.1, 0.15) is 17.9 Å². The molecule has 6 nitrogen and oxygen atoms in total. The molecular formula is C15H16N2O4. The number of carboxylic acid groups (broad SMARTS) is 2. The number of carboxylic acids is 1. The van der Waals surface area contributed by atoms with Gasteiger partial charge in [0.05, 0.1) is 5.92 Å². The smallest absolute Gasteiger partial charge is 0.407 e. The monoisotopic (exact) mass is 288 g/mol. The van der Waals surface area contributed by atoms with Crippen LogP contribution in [0.5, 0.6) is 0 Å². The molecule has 1 aromatic heterocycles. The summed E-state index contributed by atoms with van der Waals surface area (Å²) < 4.78 is 0. The van der Waals surface area contributed by atoms with E-state index in [4.69, 9.17) is 5.11 Å². The van der Waals surface area contributed by atoms with Crippen molar-refractivity contribution in [2.24, 2.45) is 5.92 Å². The third-order valence-electron chi connectivity index (χ3n) is 4.22. The van der Waals surface area contributed by atoms with Gasteiger partial charge >= 0.3 is 12.1 Å². The topological polar surface area (TPSA) is 93.6 Å². The van der Waals surface area contributed by atoms with Crippen molar-refractivity contribution in [3.05, 3.63) is 36.0 Å². The number of carbonyl (C=O) groups is 2. The Morgan fingerprint density at radius 2 is 2.00 bits per heavy atom. The lowest BCUT2D eigenvalue weighted by atomic mass is 9.80. The van der Waals surface area contributed by atoms with E-state index < -0.39 is 18.0 Å². The summed E-state index contributed by atoms with van der Waals surface area (Å²) in [4.78, 5) is 26.9. The van der Waals surface area contributed by atoms with Gasteiger partial charge in [-0.05, 0) is 18.1 Å². The van der Waals surface area contributed by atoms with Crippen LogP contribution in [0.4, 0.5) is 4.79 Å². The molecule has 110 valence electrons. The molecule has 2 heterocycles. The lowest BCUT2D eigenvalue weighted by molar-refractivity contribution is -0.144. The Morgan fingerprint density at radius 3 is 2.71 bits per heavy atom. The Balaban J connectivity index is 1.97. The van der Waals surface area contributed by atoms with E-state index in [0.717, 1.165) is 16.5 Å². The lowest BCUT2D eigenvalue weighted by Gasteiger charge is -2.35. The molecule has 2 aromatic rings. The summed E-state index contributed by atoms with van der Waals surface area (Å²) in [5.41, 5.74) is 1.93. The zero-order chi connectivity index (χ0) is 15.0. The van der Waals surface area contributed by atoms with Gasteiger partial charge in [-0.2, -0.15) is 0 Å². The van der Waals surface area contributed by atoms with Gasteiger partial charge in [-0.25, -0.2) is 4.79 Å². The van der Waals surface area contributed by atoms with E-state index in [2.05, 4.69) is 4.98 Å². The highest BCUT2D eigenvalue weighted by Crippen LogP contribution is 2.37. The summed E-state index contributed by atoms with van der Waals surface area (Å²) in [6.45, 7) is 0.401. The normalized spacial score (nSPS) is 22.4. The van der Waals surface area contributed by atoms with Crippen molar-refractivity contribution in [1.82, 2.24) is 9.88 Å². The Bertz CT molecular complexity index is 694. The van der Waals surface area contributed by atoms with Crippen LogP contribution < -0.4 is 0 Å². The number of amides is 1. The summed E-state index contributed by atoms with van der Waals surface area (Å²) in [7, 11) is 0. The molecule has 1 aliphatic heterocycles. The fraction of sp³-hybridized carbons (Fsp3) is 0.333. The summed E-state index contributed by atoms with van der Waals surface area (Å²) >= 11 is 0. The predicted octanol–water partition coefficient (Wildman–Crippen LogP) is 2.34. The molecule has 3 N–H and O–H groups in total. The lowest BCUT2D eigenvalue weighted by Crippen LogP contribution is -2.45. The highest BCUT2D eigenvalue weighted by Gasteiger charge is 2.37. The van der Waals surface area contributed by atoms with E-state index in [1.807, 2.05) is 30.5 Å². The first-order chi connectivity index (χ1) is 10.1. The zero-order valence-corrected chi connectivity index (χ0v) is 11.3. The minimum atomic E-state index is -1.06. The van der Waals surface area contributed by atoms with Crippen LogP contribution in [0, 0.1) is 5.92 Å². The molecule has 1 amide bonds. The maximum atomic E-state index is 11.5. The maximum Gasteiger partial charge on any atom is 0.407 e. The van der Waals surface area contributed by atoms with Crippen molar-refractivity contribution in [2.45, 2.75) is 12.3 Å². The standard InChI is InChI=1S/C15H16N2O4/c18-14(19)12-8-17(15(20)21)6-5-9(12)11-7-16-13-4-2-1-3-10(11)13/h1-4,7,9,12,16H,5-6,8H2,(H,18,19)(H,20,21). The van der Waals surface area contributed by atoms with Crippen molar-refractivity contribution in [3.8, 4) is 0 Å². The van der Waals surface area contributed by atoms with Crippen LogP contribution in [0.25, 0.3) is 10.9 Å². The molecule has 6 heteroatoms.